The fraction of sp³-hybridized carbons (Fsp3) is 0.0833. The molecular weight excluding hydrogens is 276 g/mol. The zero-order valence-corrected chi connectivity index (χ0v) is 9.74. The van der Waals surface area contributed by atoms with E-state index < -0.39 is 17.6 Å². The van der Waals surface area contributed by atoms with Crippen LogP contribution in [0, 0.1) is 17.1 Å². The smallest absolute Gasteiger partial charge is 0.339 e. The highest BCUT2D eigenvalue weighted by atomic mass is 19.4. The summed E-state index contributed by atoms with van der Waals surface area (Å²) in [5.41, 5.74) is -1.28. The van der Waals surface area contributed by atoms with Crippen LogP contribution >= 0.6 is 0 Å². The molecule has 0 saturated heterocycles. The Morgan fingerprint density at radius 3 is 2.45 bits per heavy atom. The van der Waals surface area contributed by atoms with Crippen LogP contribution in [0.3, 0.4) is 0 Å². The van der Waals surface area contributed by atoms with E-state index in [0.29, 0.717) is 12.1 Å². The third-order valence-corrected chi connectivity index (χ3v) is 2.31. The van der Waals surface area contributed by atoms with Gasteiger partial charge in [0, 0.05) is 5.69 Å². The topological polar surface area (TPSA) is 61.6 Å². The lowest BCUT2D eigenvalue weighted by atomic mass is 10.2. The normalized spacial score (nSPS) is 10.9. The first-order valence-corrected chi connectivity index (χ1v) is 5.26. The number of nitrogens with zero attached hydrogens (tertiary/aromatic N) is 3. The van der Waals surface area contributed by atoms with E-state index in [2.05, 4.69) is 15.3 Å². The maximum atomic E-state index is 13.1. The maximum Gasteiger partial charge on any atom is 0.419 e. The second kappa shape index (κ2) is 5.13. The molecule has 8 heteroatoms. The summed E-state index contributed by atoms with van der Waals surface area (Å²) >= 11 is 0. The number of nitrogens with one attached hydrogen (secondary N) is 1. The van der Waals surface area contributed by atoms with Crippen molar-refractivity contribution < 1.29 is 17.6 Å². The Hall–Kier alpha value is -2.69. The second-order valence-electron chi connectivity index (χ2n) is 3.72. The quantitative estimate of drug-likeness (QED) is 0.859. The molecule has 0 aliphatic carbocycles. The van der Waals surface area contributed by atoms with Gasteiger partial charge in [-0.25, -0.2) is 14.4 Å². The van der Waals surface area contributed by atoms with Crippen molar-refractivity contribution in [1.29, 1.82) is 5.26 Å². The van der Waals surface area contributed by atoms with E-state index in [1.54, 1.807) is 6.07 Å². The van der Waals surface area contributed by atoms with E-state index in [-0.39, 0.29) is 17.2 Å². The molecule has 0 fully saturated rings. The molecule has 4 nitrogen and oxygen atoms in total. The van der Waals surface area contributed by atoms with Gasteiger partial charge in [-0.1, -0.05) is 0 Å². The van der Waals surface area contributed by atoms with Crippen molar-refractivity contribution in [3.8, 4) is 6.07 Å². The maximum absolute atomic E-state index is 13.1. The van der Waals surface area contributed by atoms with Gasteiger partial charge in [0.05, 0.1) is 18.0 Å². The third kappa shape index (κ3) is 3.00. The Labute approximate surface area is 110 Å². The summed E-state index contributed by atoms with van der Waals surface area (Å²) in [6.45, 7) is 0. The van der Waals surface area contributed by atoms with Gasteiger partial charge in [-0.05, 0) is 18.2 Å². The minimum absolute atomic E-state index is 0.0118. The molecule has 0 atom stereocenters. The average molecular weight is 282 g/mol. The Kier molecular flexibility index (Phi) is 3.52. The molecule has 1 aromatic heterocycles. The van der Waals surface area contributed by atoms with Crippen LogP contribution in [0.4, 0.5) is 29.1 Å². The summed E-state index contributed by atoms with van der Waals surface area (Å²) in [5.74, 6) is -1.21. The van der Waals surface area contributed by atoms with Gasteiger partial charge in [0.1, 0.15) is 17.7 Å². The lowest BCUT2D eigenvalue weighted by Gasteiger charge is -2.11. The van der Waals surface area contributed by atoms with Gasteiger partial charge in [-0.3, -0.25) is 0 Å². The molecule has 0 spiro atoms. The van der Waals surface area contributed by atoms with E-state index >= 15 is 0 Å². The fourth-order valence-corrected chi connectivity index (χ4v) is 1.42. The van der Waals surface area contributed by atoms with E-state index in [0.717, 1.165) is 12.3 Å². The SMILES string of the molecule is N#Cc1cnc(Nc2ccc(F)c(C(F)(F)F)c2)cn1. The van der Waals surface area contributed by atoms with Gasteiger partial charge < -0.3 is 5.32 Å². The summed E-state index contributed by atoms with van der Waals surface area (Å²) < 4.78 is 50.7. The van der Waals surface area contributed by atoms with Gasteiger partial charge >= 0.3 is 6.18 Å². The molecule has 2 aromatic rings. The molecule has 0 aliphatic rings. The third-order valence-electron chi connectivity index (χ3n) is 2.31. The number of benzene rings is 1. The molecule has 20 heavy (non-hydrogen) atoms. The first-order chi connectivity index (χ1) is 9.40. The van der Waals surface area contributed by atoms with E-state index in [4.69, 9.17) is 5.26 Å². The minimum atomic E-state index is -4.78. The van der Waals surface area contributed by atoms with Crippen molar-refractivity contribution in [2.75, 3.05) is 5.32 Å². The van der Waals surface area contributed by atoms with Gasteiger partial charge in [0.2, 0.25) is 0 Å². The highest BCUT2D eigenvalue weighted by Gasteiger charge is 2.34. The lowest BCUT2D eigenvalue weighted by molar-refractivity contribution is -0.139. The van der Waals surface area contributed by atoms with Crippen LogP contribution in [0.15, 0.2) is 30.6 Å². The van der Waals surface area contributed by atoms with Crippen molar-refractivity contribution in [1.82, 2.24) is 9.97 Å². The molecule has 0 saturated carbocycles. The van der Waals surface area contributed by atoms with Gasteiger partial charge in [0.15, 0.2) is 5.69 Å². The van der Waals surface area contributed by atoms with Crippen molar-refractivity contribution in [2.24, 2.45) is 0 Å². The zero-order valence-electron chi connectivity index (χ0n) is 9.74. The molecule has 1 N–H and O–H groups in total. The summed E-state index contributed by atoms with van der Waals surface area (Å²) in [7, 11) is 0. The molecule has 0 bridgehead atoms. The number of rotatable bonds is 2. The molecular formula is C12H6F4N4. The first-order valence-electron chi connectivity index (χ1n) is 5.26. The Morgan fingerprint density at radius 2 is 1.90 bits per heavy atom. The van der Waals surface area contributed by atoms with Crippen LogP contribution in [0.1, 0.15) is 11.3 Å². The number of anilines is 2. The van der Waals surface area contributed by atoms with Gasteiger partial charge in [0.25, 0.3) is 0 Å². The van der Waals surface area contributed by atoms with Crippen LogP contribution in [0.5, 0.6) is 0 Å². The number of nitriles is 1. The number of halogens is 4. The molecule has 0 unspecified atom stereocenters. The molecule has 1 aromatic carbocycles. The van der Waals surface area contributed by atoms with E-state index in [1.165, 1.54) is 6.20 Å². The average Bonchev–Trinajstić information content (AvgIpc) is 2.40. The Balaban J connectivity index is 2.28. The number of hydrogen-bond acceptors (Lipinski definition) is 4. The molecule has 0 radical (unpaired) electrons. The van der Waals surface area contributed by atoms with Crippen LogP contribution in [0.25, 0.3) is 0 Å². The fourth-order valence-electron chi connectivity index (χ4n) is 1.42. The molecule has 2 rings (SSSR count). The molecule has 1 heterocycles. The van der Waals surface area contributed by atoms with Gasteiger partial charge in [-0.2, -0.15) is 18.4 Å². The zero-order chi connectivity index (χ0) is 14.8. The van der Waals surface area contributed by atoms with Crippen LogP contribution < -0.4 is 5.32 Å². The van der Waals surface area contributed by atoms with Gasteiger partial charge in [-0.15, -0.1) is 0 Å². The predicted molar refractivity (Wildman–Crippen MR) is 61.4 cm³/mol. The Morgan fingerprint density at radius 1 is 1.15 bits per heavy atom. The molecule has 0 aliphatic heterocycles. The largest absolute Gasteiger partial charge is 0.419 e. The van der Waals surface area contributed by atoms with Crippen LogP contribution in [-0.4, -0.2) is 9.97 Å². The van der Waals surface area contributed by atoms with E-state index in [9.17, 15) is 17.6 Å². The van der Waals surface area contributed by atoms with Crippen molar-refractivity contribution in [2.45, 2.75) is 6.18 Å². The second-order valence-corrected chi connectivity index (χ2v) is 3.72. The van der Waals surface area contributed by atoms with Crippen molar-refractivity contribution >= 4 is 11.5 Å². The first kappa shape index (κ1) is 13.7. The minimum Gasteiger partial charge on any atom is -0.339 e. The summed E-state index contributed by atoms with van der Waals surface area (Å²) in [6.07, 6.45) is -2.43. The number of hydrogen-bond donors (Lipinski definition) is 1. The standard InChI is InChI=1S/C12H6F4N4/c13-10-2-1-7(3-9(10)12(14,15)16)20-11-6-18-8(4-17)5-19-11/h1-3,5-6H,(H,19,20). The highest BCUT2D eigenvalue weighted by molar-refractivity contribution is 5.56. The molecule has 0 amide bonds. The monoisotopic (exact) mass is 282 g/mol. The van der Waals surface area contributed by atoms with Crippen LogP contribution in [-0.2, 0) is 6.18 Å². The van der Waals surface area contributed by atoms with Crippen LogP contribution in [0.2, 0.25) is 0 Å². The lowest BCUT2D eigenvalue weighted by Crippen LogP contribution is -2.08. The predicted octanol–water partition coefficient (Wildman–Crippen LogP) is 3.25. The van der Waals surface area contributed by atoms with E-state index in [1.807, 2.05) is 0 Å². The summed E-state index contributed by atoms with van der Waals surface area (Å²) in [6, 6.07) is 4.24. The van der Waals surface area contributed by atoms with Crippen molar-refractivity contribution in [3.05, 3.63) is 47.7 Å². The highest BCUT2D eigenvalue weighted by Crippen LogP contribution is 2.33. The molecule has 102 valence electrons. The summed E-state index contributed by atoms with van der Waals surface area (Å²) in [4.78, 5) is 7.49. The van der Waals surface area contributed by atoms with Crippen molar-refractivity contribution in [3.63, 3.8) is 0 Å². The number of aromatic nitrogens is 2. The summed E-state index contributed by atoms with van der Waals surface area (Å²) in [5, 5.41) is 11.1. The number of alkyl halides is 3. The Bertz CT molecular complexity index is 659.